The number of aromatic nitrogens is 2. The largest absolute Gasteiger partial charge is 0.258 e. The first-order chi connectivity index (χ1) is 16.5. The summed E-state index contributed by atoms with van der Waals surface area (Å²) in [7, 11) is 0. The summed E-state index contributed by atoms with van der Waals surface area (Å²) in [4.78, 5) is 8.86. The third-order valence-electron chi connectivity index (χ3n) is 8.75. The first kappa shape index (κ1) is 27.5. The van der Waals surface area contributed by atoms with Crippen LogP contribution < -0.4 is 0 Å². The molecule has 2 fully saturated rings. The maximum atomic E-state index is 15.2. The number of aryl methyl sites for hydroxylation is 1. The molecule has 0 aromatic carbocycles. The molecule has 194 valence electrons. The summed E-state index contributed by atoms with van der Waals surface area (Å²) in [6, 6.07) is 0. The lowest BCUT2D eigenvalue weighted by molar-refractivity contribution is -0.0866. The third kappa shape index (κ3) is 8.55. The van der Waals surface area contributed by atoms with Crippen LogP contribution >= 0.6 is 0 Å². The molecular weight excluding hydrogens is 426 g/mol. The predicted molar refractivity (Wildman–Crippen MR) is 138 cm³/mol. The van der Waals surface area contributed by atoms with E-state index in [-0.39, 0.29) is 12.3 Å². The number of nitrogens with zero attached hydrogens (tertiary/aromatic N) is 2. The quantitative estimate of drug-likeness (QED) is 0.250. The van der Waals surface area contributed by atoms with Crippen LogP contribution in [0.4, 0.5) is 8.78 Å². The number of hydrogen-bond donors (Lipinski definition) is 0. The fourth-order valence-electron chi connectivity index (χ4n) is 6.50. The summed E-state index contributed by atoms with van der Waals surface area (Å²) < 4.78 is 30.5. The van der Waals surface area contributed by atoms with E-state index in [0.717, 1.165) is 43.6 Å². The van der Waals surface area contributed by atoms with Crippen LogP contribution in [0.3, 0.4) is 0 Å². The summed E-state index contributed by atoms with van der Waals surface area (Å²) in [6.45, 7) is 4.50. The predicted octanol–water partition coefficient (Wildman–Crippen LogP) is 9.68. The molecule has 3 rings (SSSR count). The van der Waals surface area contributed by atoms with Crippen molar-refractivity contribution in [3.05, 3.63) is 23.8 Å². The molecule has 0 spiro atoms. The van der Waals surface area contributed by atoms with Gasteiger partial charge >= 0.3 is 0 Å². The summed E-state index contributed by atoms with van der Waals surface area (Å²) >= 11 is 0. The minimum Gasteiger partial charge on any atom is -0.241 e. The zero-order chi connectivity index (χ0) is 24.2. The molecule has 2 aliphatic rings. The number of unbranched alkanes of at least 4 members (excludes halogenated alkanes) is 8. The molecule has 0 bridgehead atoms. The molecule has 34 heavy (non-hydrogen) atoms. The van der Waals surface area contributed by atoms with E-state index in [4.69, 9.17) is 0 Å². The van der Waals surface area contributed by atoms with Crippen LogP contribution in [0.5, 0.6) is 0 Å². The smallest absolute Gasteiger partial charge is 0.241 e. The molecule has 2 nitrogen and oxygen atoms in total. The van der Waals surface area contributed by atoms with Crippen LogP contribution in [0.2, 0.25) is 0 Å². The van der Waals surface area contributed by atoms with Gasteiger partial charge in [0, 0.05) is 18.8 Å². The van der Waals surface area contributed by atoms with E-state index in [0.29, 0.717) is 18.2 Å². The fraction of sp³-hybridized carbons (Fsp3) is 0.867. The minimum absolute atomic E-state index is 0.0337. The van der Waals surface area contributed by atoms with Gasteiger partial charge in [-0.15, -0.1) is 0 Å². The van der Waals surface area contributed by atoms with Gasteiger partial charge in [0.1, 0.15) is 5.82 Å². The van der Waals surface area contributed by atoms with Gasteiger partial charge in [0.25, 0.3) is 5.92 Å². The molecule has 1 aromatic rings. The van der Waals surface area contributed by atoms with Crippen molar-refractivity contribution in [2.24, 2.45) is 17.8 Å². The standard InChI is InChI=1S/C30H50F2N2/c1-3-5-7-8-9-10-12-14-25-22-33-29(34-23-25)28-20-19-27(21-30(28,31)32)26-17-15-24(16-18-26)13-11-6-4-2/h22-24,26-28H,3-21H2,1-2H3/t24?,26?,27-,28+/m0/s1. The zero-order valence-electron chi connectivity index (χ0n) is 22.0. The van der Waals surface area contributed by atoms with Crippen LogP contribution in [0, 0.1) is 17.8 Å². The van der Waals surface area contributed by atoms with Gasteiger partial charge in [-0.2, -0.15) is 0 Å². The first-order valence-electron chi connectivity index (χ1n) is 14.7. The van der Waals surface area contributed by atoms with Crippen molar-refractivity contribution >= 4 is 0 Å². The maximum Gasteiger partial charge on any atom is 0.258 e. The van der Waals surface area contributed by atoms with Gasteiger partial charge in [0.15, 0.2) is 0 Å². The molecule has 1 aromatic heterocycles. The van der Waals surface area contributed by atoms with E-state index in [9.17, 15) is 0 Å². The molecule has 4 heteroatoms. The van der Waals surface area contributed by atoms with E-state index >= 15 is 8.78 Å². The van der Waals surface area contributed by atoms with Crippen molar-refractivity contribution in [1.29, 1.82) is 0 Å². The van der Waals surface area contributed by atoms with Crippen molar-refractivity contribution < 1.29 is 8.78 Å². The summed E-state index contributed by atoms with van der Waals surface area (Å²) in [6.07, 6.45) is 25.1. The van der Waals surface area contributed by atoms with E-state index in [2.05, 4.69) is 23.8 Å². The average molecular weight is 477 g/mol. The lowest BCUT2D eigenvalue weighted by Gasteiger charge is -2.41. The van der Waals surface area contributed by atoms with Gasteiger partial charge in [-0.05, 0) is 61.8 Å². The highest BCUT2D eigenvalue weighted by Gasteiger charge is 2.49. The Morgan fingerprint density at radius 1 is 0.735 bits per heavy atom. The van der Waals surface area contributed by atoms with E-state index < -0.39 is 11.8 Å². The van der Waals surface area contributed by atoms with Gasteiger partial charge < -0.3 is 0 Å². The molecule has 2 aliphatic carbocycles. The highest BCUT2D eigenvalue weighted by Crippen LogP contribution is 2.50. The van der Waals surface area contributed by atoms with E-state index in [1.54, 1.807) is 12.4 Å². The van der Waals surface area contributed by atoms with Crippen LogP contribution in [0.15, 0.2) is 12.4 Å². The van der Waals surface area contributed by atoms with Crippen LogP contribution in [-0.2, 0) is 6.42 Å². The third-order valence-corrected chi connectivity index (χ3v) is 8.75. The highest BCUT2D eigenvalue weighted by molar-refractivity contribution is 5.11. The summed E-state index contributed by atoms with van der Waals surface area (Å²) in [5, 5.41) is 0. The number of hydrogen-bond acceptors (Lipinski definition) is 2. The lowest BCUT2D eigenvalue weighted by atomic mass is 9.67. The molecule has 1 heterocycles. The lowest BCUT2D eigenvalue weighted by Crippen LogP contribution is -2.38. The van der Waals surface area contributed by atoms with E-state index in [1.165, 1.54) is 77.0 Å². The average Bonchev–Trinajstić information content (AvgIpc) is 2.84. The molecule has 2 atom stereocenters. The summed E-state index contributed by atoms with van der Waals surface area (Å²) in [5.41, 5.74) is 1.09. The van der Waals surface area contributed by atoms with Crippen LogP contribution in [0.25, 0.3) is 0 Å². The summed E-state index contributed by atoms with van der Waals surface area (Å²) in [5.74, 6) is -1.60. The van der Waals surface area contributed by atoms with Gasteiger partial charge in [-0.25, -0.2) is 18.7 Å². The van der Waals surface area contributed by atoms with Crippen LogP contribution in [0.1, 0.15) is 147 Å². The number of rotatable bonds is 14. The molecule has 0 radical (unpaired) electrons. The second kappa shape index (κ2) is 14.5. The molecule has 0 saturated heterocycles. The molecule has 0 amide bonds. The van der Waals surface area contributed by atoms with Crippen molar-refractivity contribution in [3.8, 4) is 0 Å². The Morgan fingerprint density at radius 3 is 1.97 bits per heavy atom. The Bertz CT molecular complexity index is 667. The first-order valence-corrected chi connectivity index (χ1v) is 14.7. The normalized spacial score (nSPS) is 27.1. The molecular formula is C30H50F2N2. The van der Waals surface area contributed by atoms with Crippen molar-refractivity contribution in [1.82, 2.24) is 9.97 Å². The Hall–Kier alpha value is -1.06. The second-order valence-electron chi connectivity index (χ2n) is 11.5. The SMILES string of the molecule is CCCCCCCCCc1cnc([C@H]2CC[C@H](C3CCC(CCCCC)CC3)CC2(F)F)nc1. The highest BCUT2D eigenvalue weighted by atomic mass is 19.3. The van der Waals surface area contributed by atoms with Gasteiger partial charge in [0.2, 0.25) is 0 Å². The Labute approximate surface area is 208 Å². The molecule has 2 saturated carbocycles. The minimum atomic E-state index is -2.68. The second-order valence-corrected chi connectivity index (χ2v) is 11.5. The number of alkyl halides is 2. The monoisotopic (exact) mass is 476 g/mol. The molecule has 0 N–H and O–H groups in total. The Kier molecular flexibility index (Phi) is 11.7. The van der Waals surface area contributed by atoms with E-state index in [1.807, 2.05) is 0 Å². The van der Waals surface area contributed by atoms with Crippen molar-refractivity contribution in [3.63, 3.8) is 0 Å². The molecule has 0 unspecified atom stereocenters. The Balaban J connectivity index is 1.41. The van der Waals surface area contributed by atoms with Gasteiger partial charge in [-0.3, -0.25) is 0 Å². The zero-order valence-corrected chi connectivity index (χ0v) is 22.0. The fourth-order valence-corrected chi connectivity index (χ4v) is 6.50. The topological polar surface area (TPSA) is 25.8 Å². The maximum absolute atomic E-state index is 15.2. The molecule has 0 aliphatic heterocycles. The number of halogens is 2. The van der Waals surface area contributed by atoms with Gasteiger partial charge in [-0.1, -0.05) is 90.9 Å². The van der Waals surface area contributed by atoms with Crippen LogP contribution in [-0.4, -0.2) is 15.9 Å². The van der Waals surface area contributed by atoms with Crippen molar-refractivity contribution in [2.75, 3.05) is 0 Å². The van der Waals surface area contributed by atoms with Crippen molar-refractivity contribution in [2.45, 2.75) is 148 Å². The Morgan fingerprint density at radius 2 is 1.32 bits per heavy atom. The van der Waals surface area contributed by atoms with Gasteiger partial charge in [0.05, 0.1) is 5.92 Å².